The van der Waals surface area contributed by atoms with Crippen molar-refractivity contribution in [2.75, 3.05) is 39.4 Å². The zero-order chi connectivity index (χ0) is 15.4. The maximum Gasteiger partial charge on any atom is 0.223 e. The molecule has 1 saturated carbocycles. The number of hydrogen-bond donors (Lipinski definition) is 2. The van der Waals surface area contributed by atoms with Crippen LogP contribution in [-0.4, -0.2) is 61.8 Å². The first-order valence-corrected chi connectivity index (χ1v) is 9.06. The van der Waals surface area contributed by atoms with Crippen LogP contribution in [-0.2, 0) is 9.53 Å². The molecule has 0 radical (unpaired) electrons. The van der Waals surface area contributed by atoms with Crippen LogP contribution < -0.4 is 10.6 Å². The van der Waals surface area contributed by atoms with Gasteiger partial charge in [-0.3, -0.25) is 9.69 Å². The summed E-state index contributed by atoms with van der Waals surface area (Å²) in [6.07, 6.45) is 6.93. The van der Waals surface area contributed by atoms with Gasteiger partial charge in [0.1, 0.15) is 0 Å². The highest BCUT2D eigenvalue weighted by atomic mass is 35.5. The molecule has 1 amide bonds. The third-order valence-electron chi connectivity index (χ3n) is 5.98. The minimum absolute atomic E-state index is 0. The predicted octanol–water partition coefficient (Wildman–Crippen LogP) is 1.98. The Kier molecular flexibility index (Phi) is 9.31. The van der Waals surface area contributed by atoms with Gasteiger partial charge in [0.05, 0.1) is 13.2 Å². The number of morpholine rings is 1. The summed E-state index contributed by atoms with van der Waals surface area (Å²) in [6.45, 7) is 7.84. The summed E-state index contributed by atoms with van der Waals surface area (Å²) < 4.78 is 5.52. The van der Waals surface area contributed by atoms with E-state index in [1.807, 2.05) is 0 Å². The second kappa shape index (κ2) is 10.2. The molecule has 2 aliphatic heterocycles. The van der Waals surface area contributed by atoms with Crippen LogP contribution in [0.15, 0.2) is 0 Å². The molecular weight excluding hydrogens is 349 g/mol. The molecule has 2 saturated heterocycles. The Morgan fingerprint density at radius 2 is 1.75 bits per heavy atom. The summed E-state index contributed by atoms with van der Waals surface area (Å²) >= 11 is 0. The van der Waals surface area contributed by atoms with E-state index in [1.54, 1.807) is 0 Å². The van der Waals surface area contributed by atoms with Crippen LogP contribution in [0.4, 0.5) is 0 Å². The van der Waals surface area contributed by atoms with E-state index >= 15 is 0 Å². The Hall–Kier alpha value is -0.0700. The molecule has 7 heteroatoms. The number of ether oxygens (including phenoxy) is 1. The Balaban J connectivity index is 0.00000144. The standard InChI is InChI=1S/C17H31N3O2.2ClH/c1-14(19-16(21)15-4-8-18-9-5-15)17(6-2-3-7-17)20-10-12-22-13-11-20;;/h14-15,18H,2-13H2,1H3,(H,19,21);2*1H. The second-order valence-electron chi connectivity index (χ2n) is 7.16. The van der Waals surface area contributed by atoms with Gasteiger partial charge in [0.25, 0.3) is 0 Å². The van der Waals surface area contributed by atoms with Gasteiger partial charge in [0.2, 0.25) is 5.91 Å². The first-order valence-electron chi connectivity index (χ1n) is 9.06. The van der Waals surface area contributed by atoms with Crippen LogP contribution in [0.2, 0.25) is 0 Å². The van der Waals surface area contributed by atoms with Crippen LogP contribution in [0.1, 0.15) is 45.4 Å². The van der Waals surface area contributed by atoms with E-state index in [1.165, 1.54) is 25.7 Å². The van der Waals surface area contributed by atoms with Crippen molar-refractivity contribution in [1.82, 2.24) is 15.5 Å². The van der Waals surface area contributed by atoms with Crippen LogP contribution in [0.3, 0.4) is 0 Å². The Morgan fingerprint density at radius 3 is 2.33 bits per heavy atom. The quantitative estimate of drug-likeness (QED) is 0.781. The largest absolute Gasteiger partial charge is 0.379 e. The average Bonchev–Trinajstić information content (AvgIpc) is 3.07. The Labute approximate surface area is 158 Å². The minimum atomic E-state index is 0. The van der Waals surface area contributed by atoms with Crippen LogP contribution in [0, 0.1) is 5.92 Å². The zero-order valence-electron chi connectivity index (χ0n) is 14.7. The first kappa shape index (κ1) is 22.0. The van der Waals surface area contributed by atoms with E-state index in [4.69, 9.17) is 4.74 Å². The van der Waals surface area contributed by atoms with Gasteiger partial charge < -0.3 is 15.4 Å². The van der Waals surface area contributed by atoms with Crippen LogP contribution in [0.25, 0.3) is 0 Å². The number of rotatable bonds is 4. The third-order valence-corrected chi connectivity index (χ3v) is 5.98. The molecule has 0 aromatic carbocycles. The summed E-state index contributed by atoms with van der Waals surface area (Å²) in [5.41, 5.74) is 0.159. The molecule has 1 unspecified atom stereocenters. The van der Waals surface area contributed by atoms with Gasteiger partial charge in [-0.1, -0.05) is 12.8 Å². The monoisotopic (exact) mass is 381 g/mol. The van der Waals surface area contributed by atoms with Gasteiger partial charge in [-0.05, 0) is 45.7 Å². The van der Waals surface area contributed by atoms with E-state index in [0.29, 0.717) is 0 Å². The van der Waals surface area contributed by atoms with Crippen LogP contribution in [0.5, 0.6) is 0 Å². The molecule has 3 rings (SSSR count). The minimum Gasteiger partial charge on any atom is -0.379 e. The van der Waals surface area contributed by atoms with Gasteiger partial charge in [-0.15, -0.1) is 24.8 Å². The van der Waals surface area contributed by atoms with Crippen molar-refractivity contribution in [1.29, 1.82) is 0 Å². The number of piperidine rings is 1. The van der Waals surface area contributed by atoms with E-state index in [-0.39, 0.29) is 48.2 Å². The average molecular weight is 382 g/mol. The number of hydrogen-bond acceptors (Lipinski definition) is 4. The molecule has 142 valence electrons. The summed E-state index contributed by atoms with van der Waals surface area (Å²) in [5, 5.41) is 6.72. The lowest BCUT2D eigenvalue weighted by Gasteiger charge is -2.47. The van der Waals surface area contributed by atoms with Gasteiger partial charge in [0, 0.05) is 30.6 Å². The van der Waals surface area contributed by atoms with E-state index in [0.717, 1.165) is 52.2 Å². The summed E-state index contributed by atoms with van der Waals surface area (Å²) in [7, 11) is 0. The fourth-order valence-corrected chi connectivity index (χ4v) is 4.57. The van der Waals surface area contributed by atoms with Crippen molar-refractivity contribution in [3.8, 4) is 0 Å². The summed E-state index contributed by atoms with van der Waals surface area (Å²) in [4.78, 5) is 15.2. The molecule has 24 heavy (non-hydrogen) atoms. The predicted molar refractivity (Wildman–Crippen MR) is 101 cm³/mol. The highest BCUT2D eigenvalue weighted by Gasteiger charge is 2.45. The van der Waals surface area contributed by atoms with E-state index in [2.05, 4.69) is 22.5 Å². The van der Waals surface area contributed by atoms with Crippen molar-refractivity contribution in [2.24, 2.45) is 5.92 Å². The van der Waals surface area contributed by atoms with Crippen molar-refractivity contribution in [3.63, 3.8) is 0 Å². The topological polar surface area (TPSA) is 53.6 Å². The SMILES string of the molecule is CC(NC(=O)C1CCNCC1)C1(N2CCOCC2)CCCC1.Cl.Cl. The van der Waals surface area contributed by atoms with Crippen LogP contribution >= 0.6 is 24.8 Å². The molecule has 0 aromatic heterocycles. The number of halogens is 2. The number of carbonyl (C=O) groups is 1. The highest BCUT2D eigenvalue weighted by Crippen LogP contribution is 2.38. The van der Waals surface area contributed by atoms with Gasteiger partial charge in [0.15, 0.2) is 0 Å². The van der Waals surface area contributed by atoms with Gasteiger partial charge in [-0.2, -0.15) is 0 Å². The van der Waals surface area contributed by atoms with Crippen molar-refractivity contribution >= 4 is 30.7 Å². The third kappa shape index (κ3) is 4.76. The smallest absolute Gasteiger partial charge is 0.223 e. The molecule has 5 nitrogen and oxygen atoms in total. The normalized spacial score (nSPS) is 26.0. The van der Waals surface area contributed by atoms with Crippen molar-refractivity contribution in [3.05, 3.63) is 0 Å². The molecular formula is C17H33Cl2N3O2. The molecule has 0 aromatic rings. The highest BCUT2D eigenvalue weighted by molar-refractivity contribution is 5.85. The van der Waals surface area contributed by atoms with E-state index in [9.17, 15) is 4.79 Å². The molecule has 2 N–H and O–H groups in total. The molecule has 2 heterocycles. The van der Waals surface area contributed by atoms with Gasteiger partial charge >= 0.3 is 0 Å². The fraction of sp³-hybridized carbons (Fsp3) is 0.941. The molecule has 3 fully saturated rings. The first-order chi connectivity index (χ1) is 10.7. The van der Waals surface area contributed by atoms with E-state index < -0.39 is 0 Å². The lowest BCUT2D eigenvalue weighted by Crippen LogP contribution is -2.62. The molecule has 0 spiro atoms. The fourth-order valence-electron chi connectivity index (χ4n) is 4.57. The lowest BCUT2D eigenvalue weighted by atomic mass is 9.85. The number of nitrogens with one attached hydrogen (secondary N) is 2. The molecule has 3 aliphatic rings. The maximum atomic E-state index is 12.6. The summed E-state index contributed by atoms with van der Waals surface area (Å²) in [6, 6.07) is 0.232. The maximum absolute atomic E-state index is 12.6. The zero-order valence-corrected chi connectivity index (χ0v) is 16.4. The van der Waals surface area contributed by atoms with Crippen molar-refractivity contribution < 1.29 is 9.53 Å². The lowest BCUT2D eigenvalue weighted by molar-refractivity contribution is -0.128. The number of amides is 1. The summed E-state index contributed by atoms with van der Waals surface area (Å²) in [5.74, 6) is 0.473. The van der Waals surface area contributed by atoms with Crippen molar-refractivity contribution in [2.45, 2.75) is 57.0 Å². The second-order valence-corrected chi connectivity index (χ2v) is 7.16. The molecule has 1 atom stereocenters. The molecule has 1 aliphatic carbocycles. The number of nitrogens with zero attached hydrogens (tertiary/aromatic N) is 1. The Bertz CT molecular complexity index is 380. The van der Waals surface area contributed by atoms with Gasteiger partial charge in [-0.25, -0.2) is 0 Å². The Morgan fingerprint density at radius 1 is 1.17 bits per heavy atom. The number of carbonyl (C=O) groups excluding carboxylic acids is 1. The molecule has 0 bridgehead atoms.